The molecule has 1 aliphatic carbocycles. The van der Waals surface area contributed by atoms with Crippen LogP contribution in [0.5, 0.6) is 0 Å². The Hall–Kier alpha value is -1.43. The van der Waals surface area contributed by atoms with Crippen LogP contribution in [0, 0.1) is 12.8 Å². The molecule has 1 heterocycles. The summed E-state index contributed by atoms with van der Waals surface area (Å²) in [6.45, 7) is 3.23. The lowest BCUT2D eigenvalue weighted by molar-refractivity contribution is -0.138. The number of nitrogens with one attached hydrogen (secondary N) is 1. The van der Waals surface area contributed by atoms with Gasteiger partial charge in [0.2, 0.25) is 0 Å². The van der Waals surface area contributed by atoms with Crippen molar-refractivity contribution in [2.45, 2.75) is 39.2 Å². The molecular formula is C12H16N2O3S. The third-order valence-electron chi connectivity index (χ3n) is 2.93. The van der Waals surface area contributed by atoms with Crippen LogP contribution in [0.1, 0.15) is 40.1 Å². The lowest BCUT2D eigenvalue weighted by Gasteiger charge is -2.07. The molecular weight excluding hydrogens is 252 g/mol. The number of aromatic nitrogens is 1. The van der Waals surface area contributed by atoms with E-state index in [-0.39, 0.29) is 5.91 Å². The number of aryl methyl sites for hydroxylation is 1. The van der Waals surface area contributed by atoms with E-state index in [0.717, 1.165) is 17.3 Å². The molecule has 1 atom stereocenters. The molecule has 0 spiro atoms. The van der Waals surface area contributed by atoms with Gasteiger partial charge >= 0.3 is 5.97 Å². The summed E-state index contributed by atoms with van der Waals surface area (Å²) in [5.41, 5.74) is 0.686. The monoisotopic (exact) mass is 268 g/mol. The predicted molar refractivity (Wildman–Crippen MR) is 67.8 cm³/mol. The minimum atomic E-state index is -1.04. The smallest absolute Gasteiger partial charge is 0.325 e. The van der Waals surface area contributed by atoms with Crippen molar-refractivity contribution in [2.24, 2.45) is 5.92 Å². The molecule has 1 aliphatic rings. The highest BCUT2D eigenvalue weighted by Gasteiger charge is 2.25. The molecule has 1 aromatic heterocycles. The lowest BCUT2D eigenvalue weighted by Crippen LogP contribution is -2.38. The van der Waals surface area contributed by atoms with Crippen LogP contribution in [0.3, 0.4) is 0 Å². The number of thiazole rings is 1. The van der Waals surface area contributed by atoms with Gasteiger partial charge in [0, 0.05) is 6.42 Å². The van der Waals surface area contributed by atoms with Crippen molar-refractivity contribution in [1.82, 2.24) is 10.3 Å². The second-order valence-corrected chi connectivity index (χ2v) is 5.79. The van der Waals surface area contributed by atoms with Gasteiger partial charge in [0.15, 0.2) is 0 Å². The Kier molecular flexibility index (Phi) is 3.65. The second kappa shape index (κ2) is 5.06. The van der Waals surface area contributed by atoms with Crippen molar-refractivity contribution >= 4 is 23.2 Å². The van der Waals surface area contributed by atoms with E-state index in [1.54, 1.807) is 6.92 Å². The number of carboxylic acid groups (broad SMARTS) is 1. The Labute approximate surface area is 109 Å². The predicted octanol–water partition coefficient (Wildman–Crippen LogP) is 1.61. The maximum Gasteiger partial charge on any atom is 0.325 e. The van der Waals surface area contributed by atoms with E-state index in [4.69, 9.17) is 5.11 Å². The molecule has 0 aliphatic heterocycles. The first-order chi connectivity index (χ1) is 8.47. The van der Waals surface area contributed by atoms with E-state index in [2.05, 4.69) is 10.3 Å². The molecule has 98 valence electrons. The number of rotatable bonds is 5. The molecule has 1 aromatic rings. The number of nitrogens with zero attached hydrogens (tertiary/aromatic N) is 1. The molecule has 2 N–H and O–H groups in total. The summed E-state index contributed by atoms with van der Waals surface area (Å²) >= 11 is 1.37. The van der Waals surface area contributed by atoms with Crippen LogP contribution in [0.25, 0.3) is 0 Å². The molecule has 1 amide bonds. The summed E-state index contributed by atoms with van der Waals surface area (Å²) < 4.78 is 0. The largest absolute Gasteiger partial charge is 0.480 e. The third-order valence-corrected chi connectivity index (χ3v) is 4.10. The number of carbonyl (C=O) groups excluding carboxylic acids is 1. The number of hydrogen-bond donors (Lipinski definition) is 2. The molecule has 0 saturated heterocycles. The van der Waals surface area contributed by atoms with Crippen molar-refractivity contribution in [3.05, 3.63) is 15.6 Å². The average molecular weight is 268 g/mol. The quantitative estimate of drug-likeness (QED) is 0.850. The lowest BCUT2D eigenvalue weighted by atomic mass is 10.3. The van der Waals surface area contributed by atoms with Crippen LogP contribution >= 0.6 is 11.3 Å². The van der Waals surface area contributed by atoms with Crippen LogP contribution in [0.2, 0.25) is 0 Å². The van der Waals surface area contributed by atoms with Crippen molar-refractivity contribution in [2.75, 3.05) is 0 Å². The molecule has 18 heavy (non-hydrogen) atoms. The highest BCUT2D eigenvalue weighted by Crippen LogP contribution is 2.34. The summed E-state index contributed by atoms with van der Waals surface area (Å²) in [4.78, 5) is 27.5. The maximum atomic E-state index is 11.9. The van der Waals surface area contributed by atoms with Crippen molar-refractivity contribution in [1.29, 1.82) is 0 Å². The van der Waals surface area contributed by atoms with Crippen LogP contribution in [0.4, 0.5) is 0 Å². The summed E-state index contributed by atoms with van der Waals surface area (Å²) in [6, 6.07) is -0.883. The summed E-state index contributed by atoms with van der Waals surface area (Å²) in [5, 5.41) is 12.2. The van der Waals surface area contributed by atoms with Gasteiger partial charge in [-0.15, -0.1) is 11.3 Å². The Bertz CT molecular complexity index is 480. The van der Waals surface area contributed by atoms with Gasteiger partial charge < -0.3 is 10.4 Å². The van der Waals surface area contributed by atoms with Crippen molar-refractivity contribution in [3.8, 4) is 0 Å². The number of carbonyl (C=O) groups is 2. The molecule has 1 saturated carbocycles. The molecule has 2 rings (SSSR count). The van der Waals surface area contributed by atoms with Gasteiger partial charge in [-0.2, -0.15) is 0 Å². The zero-order valence-corrected chi connectivity index (χ0v) is 11.2. The molecule has 1 fully saturated rings. The Balaban J connectivity index is 2.04. The van der Waals surface area contributed by atoms with Crippen LogP contribution in [0.15, 0.2) is 0 Å². The van der Waals surface area contributed by atoms with Gasteiger partial charge in [-0.3, -0.25) is 9.59 Å². The van der Waals surface area contributed by atoms with Crippen LogP contribution in [-0.2, 0) is 11.2 Å². The van der Waals surface area contributed by atoms with E-state index in [0.29, 0.717) is 10.6 Å². The second-order valence-electron chi connectivity index (χ2n) is 4.70. The normalized spacial score (nSPS) is 16.3. The van der Waals surface area contributed by atoms with Gasteiger partial charge in [0.05, 0.1) is 10.7 Å². The number of hydrogen-bond acceptors (Lipinski definition) is 4. The fraction of sp³-hybridized carbons (Fsp3) is 0.583. The molecule has 0 aromatic carbocycles. The topological polar surface area (TPSA) is 79.3 Å². The minimum absolute atomic E-state index is 0.345. The van der Waals surface area contributed by atoms with Crippen LogP contribution in [-0.4, -0.2) is 28.0 Å². The number of aliphatic carboxylic acids is 1. The third kappa shape index (κ3) is 3.07. The fourth-order valence-electron chi connectivity index (χ4n) is 1.64. The van der Waals surface area contributed by atoms with E-state index < -0.39 is 12.0 Å². The highest BCUT2D eigenvalue weighted by atomic mass is 32.1. The van der Waals surface area contributed by atoms with Crippen molar-refractivity contribution in [3.63, 3.8) is 0 Å². The minimum Gasteiger partial charge on any atom is -0.480 e. The van der Waals surface area contributed by atoms with E-state index in [1.807, 2.05) is 0 Å². The zero-order valence-electron chi connectivity index (χ0n) is 10.4. The zero-order chi connectivity index (χ0) is 13.3. The summed E-state index contributed by atoms with van der Waals surface area (Å²) in [5.74, 6) is -0.657. The van der Waals surface area contributed by atoms with Crippen LogP contribution < -0.4 is 5.32 Å². The summed E-state index contributed by atoms with van der Waals surface area (Å²) in [7, 11) is 0. The fourth-order valence-corrected chi connectivity index (χ4v) is 2.73. The molecule has 0 unspecified atom stereocenters. The summed E-state index contributed by atoms with van der Waals surface area (Å²) in [6.07, 6.45) is 3.43. The molecule has 0 radical (unpaired) electrons. The highest BCUT2D eigenvalue weighted by molar-refractivity contribution is 7.13. The van der Waals surface area contributed by atoms with Gasteiger partial charge in [-0.05, 0) is 32.6 Å². The van der Waals surface area contributed by atoms with E-state index in [1.165, 1.54) is 31.1 Å². The maximum absolute atomic E-state index is 11.9. The van der Waals surface area contributed by atoms with Gasteiger partial charge in [-0.1, -0.05) is 0 Å². The first-order valence-electron chi connectivity index (χ1n) is 5.97. The number of amides is 1. The van der Waals surface area contributed by atoms with Gasteiger partial charge in [0.25, 0.3) is 5.91 Å². The van der Waals surface area contributed by atoms with E-state index >= 15 is 0 Å². The first kappa shape index (κ1) is 13.0. The molecule has 5 nitrogen and oxygen atoms in total. The molecule has 0 bridgehead atoms. The first-order valence-corrected chi connectivity index (χ1v) is 6.79. The van der Waals surface area contributed by atoms with E-state index in [9.17, 15) is 9.59 Å². The standard InChI is InChI=1S/C12H16N2O3S/c1-6-10(11(15)14-7(2)12(16)17)18-9(13-6)5-8-3-4-8/h7-8H,3-5H2,1-2H3,(H,14,15)(H,16,17)/t7-/m0/s1. The van der Waals surface area contributed by atoms with Crippen molar-refractivity contribution < 1.29 is 14.7 Å². The average Bonchev–Trinajstić information content (AvgIpc) is 3.01. The van der Waals surface area contributed by atoms with Gasteiger partial charge in [0.1, 0.15) is 10.9 Å². The Morgan fingerprint density at radius 3 is 2.78 bits per heavy atom. The SMILES string of the molecule is Cc1nc(CC2CC2)sc1C(=O)N[C@@H](C)C(=O)O. The Morgan fingerprint density at radius 2 is 2.22 bits per heavy atom. The number of carboxylic acids is 1. The Morgan fingerprint density at radius 1 is 1.56 bits per heavy atom. The van der Waals surface area contributed by atoms with Gasteiger partial charge in [-0.25, -0.2) is 4.98 Å². The molecule has 6 heteroatoms.